The van der Waals surface area contributed by atoms with E-state index in [9.17, 15) is 9.59 Å². The molecule has 0 aliphatic carbocycles. The molecule has 0 unspecified atom stereocenters. The molecule has 3 fully saturated rings. The molecule has 0 bridgehead atoms. The maximum Gasteiger partial charge on any atom is 0.224 e. The molecular formula is C18H32N4O4. The Morgan fingerprint density at radius 2 is 0.923 bits per heavy atom. The minimum Gasteiger partial charge on any atom is -0.378 e. The number of nitrogens with zero attached hydrogens (tertiary/aromatic N) is 4. The molecule has 0 aromatic rings. The lowest BCUT2D eigenvalue weighted by molar-refractivity contribution is -0.136. The Kier molecular flexibility index (Phi) is 7.67. The van der Waals surface area contributed by atoms with Gasteiger partial charge in [-0.1, -0.05) is 0 Å². The zero-order chi connectivity index (χ0) is 18.2. The van der Waals surface area contributed by atoms with Crippen LogP contribution in [-0.4, -0.2) is 123 Å². The lowest BCUT2D eigenvalue weighted by Crippen LogP contribution is -2.49. The molecule has 148 valence electrons. The second-order valence-electron chi connectivity index (χ2n) is 7.17. The van der Waals surface area contributed by atoms with Gasteiger partial charge in [-0.05, 0) is 0 Å². The topological polar surface area (TPSA) is 65.6 Å². The number of carbonyl (C=O) groups is 2. The summed E-state index contributed by atoms with van der Waals surface area (Å²) in [6.07, 6.45) is 1.19. The van der Waals surface area contributed by atoms with E-state index in [2.05, 4.69) is 9.80 Å². The van der Waals surface area contributed by atoms with Crippen molar-refractivity contribution >= 4 is 11.8 Å². The van der Waals surface area contributed by atoms with E-state index >= 15 is 0 Å². The van der Waals surface area contributed by atoms with Crippen molar-refractivity contribution < 1.29 is 19.1 Å². The zero-order valence-electron chi connectivity index (χ0n) is 15.7. The number of amides is 2. The molecule has 0 atom stereocenters. The minimum absolute atomic E-state index is 0.242. The largest absolute Gasteiger partial charge is 0.378 e. The molecular weight excluding hydrogens is 336 g/mol. The number of piperazine rings is 1. The van der Waals surface area contributed by atoms with Crippen molar-refractivity contribution in [2.45, 2.75) is 12.8 Å². The third-order valence-electron chi connectivity index (χ3n) is 5.48. The number of morpholine rings is 2. The van der Waals surface area contributed by atoms with E-state index in [1.54, 1.807) is 0 Å². The molecule has 8 heteroatoms. The lowest BCUT2D eigenvalue weighted by Gasteiger charge is -2.35. The molecule has 26 heavy (non-hydrogen) atoms. The van der Waals surface area contributed by atoms with Crippen molar-refractivity contribution in [1.29, 1.82) is 0 Å². The highest BCUT2D eigenvalue weighted by atomic mass is 16.5. The summed E-state index contributed by atoms with van der Waals surface area (Å²) in [5.74, 6) is 0.485. The normalized spacial score (nSPS) is 23.2. The summed E-state index contributed by atoms with van der Waals surface area (Å²) in [5.41, 5.74) is 0. The molecule has 3 aliphatic rings. The van der Waals surface area contributed by atoms with Gasteiger partial charge in [-0.3, -0.25) is 9.59 Å². The monoisotopic (exact) mass is 368 g/mol. The third-order valence-corrected chi connectivity index (χ3v) is 5.48. The van der Waals surface area contributed by atoms with Crippen LogP contribution in [0.3, 0.4) is 0 Å². The predicted molar refractivity (Wildman–Crippen MR) is 96.9 cm³/mol. The molecule has 3 heterocycles. The maximum atomic E-state index is 12.2. The highest BCUT2D eigenvalue weighted by Crippen LogP contribution is 2.07. The van der Waals surface area contributed by atoms with Gasteiger partial charge in [0.25, 0.3) is 0 Å². The summed E-state index contributed by atoms with van der Waals surface area (Å²) >= 11 is 0. The average Bonchev–Trinajstić information content (AvgIpc) is 2.72. The first kappa shape index (κ1) is 19.5. The molecule has 3 rings (SSSR count). The second-order valence-corrected chi connectivity index (χ2v) is 7.17. The maximum absolute atomic E-state index is 12.2. The number of hydrogen-bond acceptors (Lipinski definition) is 6. The van der Waals surface area contributed by atoms with E-state index in [1.807, 2.05) is 9.80 Å². The summed E-state index contributed by atoms with van der Waals surface area (Å²) in [6.45, 7) is 11.1. The van der Waals surface area contributed by atoms with Crippen molar-refractivity contribution in [2.75, 3.05) is 91.9 Å². The van der Waals surface area contributed by atoms with Crippen LogP contribution >= 0.6 is 0 Å². The van der Waals surface area contributed by atoms with Crippen LogP contribution in [0.2, 0.25) is 0 Å². The van der Waals surface area contributed by atoms with Crippen molar-refractivity contribution in [3.8, 4) is 0 Å². The van der Waals surface area contributed by atoms with Gasteiger partial charge in [-0.15, -0.1) is 0 Å². The van der Waals surface area contributed by atoms with Crippen LogP contribution in [0.25, 0.3) is 0 Å². The van der Waals surface area contributed by atoms with Gasteiger partial charge in [0.15, 0.2) is 0 Å². The van der Waals surface area contributed by atoms with E-state index in [0.717, 1.165) is 65.4 Å². The number of rotatable bonds is 6. The van der Waals surface area contributed by atoms with Crippen LogP contribution < -0.4 is 0 Å². The Hall–Kier alpha value is -1.22. The van der Waals surface area contributed by atoms with Gasteiger partial charge in [0.05, 0.1) is 26.4 Å². The number of hydrogen-bond donors (Lipinski definition) is 0. The summed E-state index contributed by atoms with van der Waals surface area (Å²) in [5, 5.41) is 0. The van der Waals surface area contributed by atoms with Crippen LogP contribution in [0.15, 0.2) is 0 Å². The van der Waals surface area contributed by atoms with Gasteiger partial charge >= 0.3 is 0 Å². The predicted octanol–water partition coefficient (Wildman–Crippen LogP) is -0.898. The van der Waals surface area contributed by atoms with Crippen molar-refractivity contribution in [3.05, 3.63) is 0 Å². The second kappa shape index (κ2) is 10.2. The van der Waals surface area contributed by atoms with Gasteiger partial charge in [0, 0.05) is 78.3 Å². The molecule has 0 aromatic heterocycles. The standard InChI is InChI=1S/C18H32N4O4/c23-17(21-9-13-25-14-10-21)1-3-19-5-7-20(8-6-19)4-2-18(24)22-11-15-26-16-12-22/h1-16H2. The Morgan fingerprint density at radius 3 is 1.27 bits per heavy atom. The smallest absolute Gasteiger partial charge is 0.224 e. The van der Waals surface area contributed by atoms with E-state index in [-0.39, 0.29) is 11.8 Å². The fraction of sp³-hybridized carbons (Fsp3) is 0.889. The zero-order valence-corrected chi connectivity index (χ0v) is 15.7. The first-order valence-electron chi connectivity index (χ1n) is 9.88. The molecule has 0 N–H and O–H groups in total. The van der Waals surface area contributed by atoms with Crippen LogP contribution in [0.5, 0.6) is 0 Å². The molecule has 0 spiro atoms. The van der Waals surface area contributed by atoms with Crippen LogP contribution in [0.4, 0.5) is 0 Å². The fourth-order valence-corrected chi connectivity index (χ4v) is 3.69. The van der Waals surface area contributed by atoms with Crippen LogP contribution in [0, 0.1) is 0 Å². The number of carbonyl (C=O) groups excluding carboxylic acids is 2. The van der Waals surface area contributed by atoms with Crippen LogP contribution in [0.1, 0.15) is 12.8 Å². The van der Waals surface area contributed by atoms with E-state index < -0.39 is 0 Å². The molecule has 0 saturated carbocycles. The van der Waals surface area contributed by atoms with Gasteiger partial charge in [0.1, 0.15) is 0 Å². The molecule has 0 radical (unpaired) electrons. The lowest BCUT2D eigenvalue weighted by atomic mass is 10.2. The highest BCUT2D eigenvalue weighted by Gasteiger charge is 2.22. The number of ether oxygens (including phenoxy) is 2. The molecule has 8 nitrogen and oxygen atoms in total. The van der Waals surface area contributed by atoms with Crippen molar-refractivity contribution in [1.82, 2.24) is 19.6 Å². The molecule has 3 saturated heterocycles. The van der Waals surface area contributed by atoms with Gasteiger partial charge in [-0.2, -0.15) is 0 Å². The van der Waals surface area contributed by atoms with E-state index in [1.165, 1.54) is 0 Å². The fourth-order valence-electron chi connectivity index (χ4n) is 3.69. The quantitative estimate of drug-likeness (QED) is 0.606. The molecule has 0 aromatic carbocycles. The Balaban J connectivity index is 1.27. The first-order chi connectivity index (χ1) is 12.7. The van der Waals surface area contributed by atoms with Gasteiger partial charge < -0.3 is 29.1 Å². The van der Waals surface area contributed by atoms with E-state index in [4.69, 9.17) is 9.47 Å². The van der Waals surface area contributed by atoms with Gasteiger partial charge in [0.2, 0.25) is 11.8 Å². The molecule has 2 amide bonds. The van der Waals surface area contributed by atoms with Gasteiger partial charge in [-0.25, -0.2) is 0 Å². The molecule has 3 aliphatic heterocycles. The highest BCUT2D eigenvalue weighted by molar-refractivity contribution is 5.76. The summed E-state index contributed by atoms with van der Waals surface area (Å²) in [6, 6.07) is 0. The third kappa shape index (κ3) is 5.90. The Morgan fingerprint density at radius 1 is 0.577 bits per heavy atom. The minimum atomic E-state index is 0.242. The summed E-state index contributed by atoms with van der Waals surface area (Å²) in [4.78, 5) is 33.0. The van der Waals surface area contributed by atoms with Crippen molar-refractivity contribution in [2.24, 2.45) is 0 Å². The Labute approximate surface area is 156 Å². The SMILES string of the molecule is O=C(CCN1CCN(CCC(=O)N2CCOCC2)CC1)N1CCOCC1. The first-order valence-corrected chi connectivity index (χ1v) is 9.88. The summed E-state index contributed by atoms with van der Waals surface area (Å²) in [7, 11) is 0. The average molecular weight is 368 g/mol. The van der Waals surface area contributed by atoms with E-state index in [0.29, 0.717) is 39.3 Å². The summed E-state index contributed by atoms with van der Waals surface area (Å²) < 4.78 is 10.6. The van der Waals surface area contributed by atoms with Crippen molar-refractivity contribution in [3.63, 3.8) is 0 Å². The van der Waals surface area contributed by atoms with Crippen LogP contribution in [-0.2, 0) is 19.1 Å². The Bertz CT molecular complexity index is 414.